The summed E-state index contributed by atoms with van der Waals surface area (Å²) in [6.45, 7) is 2.23. The van der Waals surface area contributed by atoms with Crippen molar-refractivity contribution in [2.75, 3.05) is 38.8 Å². The van der Waals surface area contributed by atoms with E-state index in [-0.39, 0.29) is 5.54 Å². The molecule has 1 aliphatic carbocycles. The van der Waals surface area contributed by atoms with Gasteiger partial charge in [-0.1, -0.05) is 0 Å². The molecule has 2 fully saturated rings. The topological polar surface area (TPSA) is 117 Å². The van der Waals surface area contributed by atoms with E-state index in [1.54, 1.807) is 19.3 Å². The van der Waals surface area contributed by atoms with Crippen molar-refractivity contribution in [1.29, 1.82) is 5.41 Å². The third-order valence-corrected chi connectivity index (χ3v) is 5.84. The molecule has 0 unspecified atom stereocenters. The second-order valence-corrected chi connectivity index (χ2v) is 7.56. The van der Waals surface area contributed by atoms with Gasteiger partial charge in [0.15, 0.2) is 5.70 Å². The number of morpholine rings is 1. The molecule has 1 saturated heterocycles. The number of aliphatic imine (C=N–C) groups is 1. The number of nitrogens with one attached hydrogen (secondary N) is 1. The van der Waals surface area contributed by atoms with Crippen LogP contribution in [0.25, 0.3) is 16.6 Å². The smallest absolute Gasteiger partial charge is 0.159 e. The van der Waals surface area contributed by atoms with Crippen LogP contribution in [-0.4, -0.2) is 61.3 Å². The van der Waals surface area contributed by atoms with Gasteiger partial charge in [-0.15, -0.1) is 0 Å². The number of hydrogen-bond acceptors (Lipinski definition) is 7. The van der Waals surface area contributed by atoms with Crippen molar-refractivity contribution >= 4 is 34.3 Å². The molecule has 2 aromatic heterocycles. The van der Waals surface area contributed by atoms with Gasteiger partial charge in [0.2, 0.25) is 0 Å². The molecule has 5 N–H and O–H groups in total. The highest BCUT2D eigenvalue weighted by molar-refractivity contribution is 6.17. The van der Waals surface area contributed by atoms with E-state index in [9.17, 15) is 0 Å². The largest absolute Gasteiger partial charge is 0.405 e. The number of nitrogens with two attached hydrogens (primary N) is 2. The lowest BCUT2D eigenvalue weighted by Crippen LogP contribution is -2.76. The molecule has 156 valence electrons. The summed E-state index contributed by atoms with van der Waals surface area (Å²) >= 11 is 0. The Kier molecular flexibility index (Phi) is 5.61. The average molecular weight is 407 g/mol. The van der Waals surface area contributed by atoms with Gasteiger partial charge in [-0.2, -0.15) is 0 Å². The number of rotatable bonds is 6. The zero-order valence-corrected chi connectivity index (χ0v) is 17.4. The van der Waals surface area contributed by atoms with Crippen LogP contribution >= 0.6 is 0 Å². The first-order valence-corrected chi connectivity index (χ1v) is 10.2. The summed E-state index contributed by atoms with van der Waals surface area (Å²) in [5, 5.41) is 10.4. The second kappa shape index (κ2) is 8.33. The summed E-state index contributed by atoms with van der Waals surface area (Å²) in [5.41, 5.74) is 9.93. The highest BCUT2D eigenvalue weighted by Gasteiger charge is 2.50. The van der Waals surface area contributed by atoms with Crippen molar-refractivity contribution < 1.29 is 10.1 Å². The van der Waals surface area contributed by atoms with E-state index < -0.39 is 0 Å². The molecule has 2 aliphatic rings. The zero-order valence-electron chi connectivity index (χ0n) is 17.4. The Bertz CT molecular complexity index is 1050. The monoisotopic (exact) mass is 406 g/mol. The Labute approximate surface area is 176 Å². The van der Waals surface area contributed by atoms with Gasteiger partial charge >= 0.3 is 0 Å². The molecule has 3 heterocycles. The Morgan fingerprint density at radius 3 is 2.93 bits per heavy atom. The Morgan fingerprint density at radius 1 is 1.43 bits per heavy atom. The van der Waals surface area contributed by atoms with E-state index in [1.807, 2.05) is 24.5 Å². The minimum absolute atomic E-state index is 0.0519. The van der Waals surface area contributed by atoms with Crippen LogP contribution in [0.15, 0.2) is 41.7 Å². The lowest BCUT2D eigenvalue weighted by atomic mass is 10.0. The van der Waals surface area contributed by atoms with Crippen molar-refractivity contribution in [3.05, 3.63) is 47.9 Å². The predicted molar refractivity (Wildman–Crippen MR) is 120 cm³/mol. The summed E-state index contributed by atoms with van der Waals surface area (Å²) in [6.07, 6.45) is 10.3. The number of allylic oxidation sites excluding steroid dienone is 2. The molecule has 8 heteroatoms. The van der Waals surface area contributed by atoms with Gasteiger partial charge in [0, 0.05) is 43.0 Å². The van der Waals surface area contributed by atoms with Crippen molar-refractivity contribution in [3.63, 3.8) is 0 Å². The molecule has 1 saturated carbocycles. The first kappa shape index (κ1) is 20.2. The van der Waals surface area contributed by atoms with Gasteiger partial charge in [0.25, 0.3) is 0 Å². The molecule has 4 rings (SSSR count). The maximum atomic E-state index is 7.52. The summed E-state index contributed by atoms with van der Waals surface area (Å²) in [7, 11) is 3.71. The van der Waals surface area contributed by atoms with Crippen LogP contribution in [0.5, 0.6) is 0 Å². The van der Waals surface area contributed by atoms with Crippen LogP contribution in [0.4, 0.5) is 5.82 Å². The maximum absolute atomic E-state index is 7.52. The van der Waals surface area contributed by atoms with Gasteiger partial charge in [-0.3, -0.25) is 4.99 Å². The second-order valence-electron chi connectivity index (χ2n) is 7.56. The van der Waals surface area contributed by atoms with Gasteiger partial charge in [0.1, 0.15) is 17.0 Å². The molecule has 30 heavy (non-hydrogen) atoms. The van der Waals surface area contributed by atoms with Crippen molar-refractivity contribution in [2.24, 2.45) is 10.7 Å². The van der Waals surface area contributed by atoms with E-state index in [0.29, 0.717) is 6.61 Å². The average Bonchev–Trinajstić information content (AvgIpc) is 3.54. The minimum Gasteiger partial charge on any atom is -0.405 e. The fourth-order valence-corrected chi connectivity index (χ4v) is 4.13. The summed E-state index contributed by atoms with van der Waals surface area (Å²) in [4.78, 5) is 16.5. The highest BCUT2D eigenvalue weighted by Crippen LogP contribution is 2.46. The Balaban J connectivity index is 1.99. The highest BCUT2D eigenvalue weighted by atomic mass is 16.5. The van der Waals surface area contributed by atoms with Crippen molar-refractivity contribution in [1.82, 2.24) is 9.97 Å². The third kappa shape index (κ3) is 3.48. The number of aromatic nitrogens is 2. The van der Waals surface area contributed by atoms with Gasteiger partial charge in [0.05, 0.1) is 31.5 Å². The molecular weight excluding hydrogens is 378 g/mol. The summed E-state index contributed by atoms with van der Waals surface area (Å²) in [6, 6.07) is 4.07. The third-order valence-electron chi connectivity index (χ3n) is 5.84. The van der Waals surface area contributed by atoms with Crippen molar-refractivity contribution in [2.45, 2.75) is 18.4 Å². The molecule has 8 nitrogen and oxygen atoms in total. The van der Waals surface area contributed by atoms with Crippen LogP contribution in [-0.2, 0) is 4.74 Å². The number of fused-ring (bicyclic) bond motifs is 1. The molecule has 2 aromatic rings. The maximum Gasteiger partial charge on any atom is 0.159 e. The van der Waals surface area contributed by atoms with E-state index >= 15 is 0 Å². The number of quaternary nitrogens is 1. The minimum atomic E-state index is 0.0519. The van der Waals surface area contributed by atoms with E-state index in [4.69, 9.17) is 20.9 Å². The fraction of sp³-hybridized carbons (Fsp3) is 0.364. The molecule has 1 spiro atoms. The quantitative estimate of drug-likeness (QED) is 0.621. The molecule has 0 radical (unpaired) electrons. The van der Waals surface area contributed by atoms with Gasteiger partial charge < -0.3 is 26.1 Å². The normalized spacial score (nSPS) is 19.1. The number of anilines is 1. The first-order valence-electron chi connectivity index (χ1n) is 10.2. The van der Waals surface area contributed by atoms with E-state index in [0.717, 1.165) is 65.4 Å². The van der Waals surface area contributed by atoms with Gasteiger partial charge in [-0.25, -0.2) is 9.97 Å². The molecule has 0 amide bonds. The molecule has 0 bridgehead atoms. The summed E-state index contributed by atoms with van der Waals surface area (Å²) in [5.74, 6) is 0.907. The van der Waals surface area contributed by atoms with E-state index in [1.165, 1.54) is 12.4 Å². The van der Waals surface area contributed by atoms with Gasteiger partial charge in [-0.05, 0) is 37.3 Å². The van der Waals surface area contributed by atoms with Crippen LogP contribution in [0.1, 0.15) is 24.1 Å². The SMILES string of the molecule is CN=C(/C=C\N)c1cc(N2CCOCC23CC3)nc2c(/C(=C/C=N)[NH2+]C)nccc12. The molecule has 1 aliphatic heterocycles. The lowest BCUT2D eigenvalue weighted by molar-refractivity contribution is -0.530. The number of ether oxygens (including phenoxy) is 1. The van der Waals surface area contributed by atoms with Crippen LogP contribution in [0.3, 0.4) is 0 Å². The first-order chi connectivity index (χ1) is 14.7. The standard InChI is InChI=1S/C22H27N7O/c1-25-17(3-8-23)16-13-19(29-11-12-30-14-22(29)6-7-22)28-20-15(16)5-10-27-21(20)18(26-2)4-9-24/h3-5,8-10,13,24,26H,6-7,11-12,14,23H2,1-2H3/p+1/b8-3-,18-4-,24-9?,25-17?. The number of nitrogens with zero attached hydrogens (tertiary/aromatic N) is 4. The number of pyridine rings is 2. The lowest BCUT2D eigenvalue weighted by Gasteiger charge is -2.37. The number of hydrogen-bond donors (Lipinski definition) is 3. The molecular formula is C22H28N7O+. The van der Waals surface area contributed by atoms with E-state index in [2.05, 4.69) is 20.9 Å². The van der Waals surface area contributed by atoms with Crippen LogP contribution in [0.2, 0.25) is 0 Å². The zero-order chi connectivity index (χ0) is 21.1. The van der Waals surface area contributed by atoms with Crippen molar-refractivity contribution in [3.8, 4) is 0 Å². The van der Waals surface area contributed by atoms with Crippen LogP contribution in [0, 0.1) is 5.41 Å². The Morgan fingerprint density at radius 2 is 2.27 bits per heavy atom. The predicted octanol–water partition coefficient (Wildman–Crippen LogP) is 1.07. The fourth-order valence-electron chi connectivity index (χ4n) is 4.13. The Hall–Kier alpha value is -3.10. The summed E-state index contributed by atoms with van der Waals surface area (Å²) < 4.78 is 5.76. The molecule has 0 atom stereocenters. The molecule has 0 aromatic carbocycles. The van der Waals surface area contributed by atoms with Crippen LogP contribution < -0.4 is 16.0 Å².